The van der Waals surface area contributed by atoms with Gasteiger partial charge in [0.2, 0.25) is 0 Å². The van der Waals surface area contributed by atoms with Crippen LogP contribution in [0.3, 0.4) is 0 Å². The Morgan fingerprint density at radius 3 is 3.00 bits per heavy atom. The predicted molar refractivity (Wildman–Crippen MR) is 75.7 cm³/mol. The van der Waals surface area contributed by atoms with Gasteiger partial charge in [-0.15, -0.1) is 0 Å². The van der Waals surface area contributed by atoms with E-state index in [9.17, 15) is 5.11 Å². The van der Waals surface area contributed by atoms with Crippen LogP contribution in [0.5, 0.6) is 5.75 Å². The Balaban J connectivity index is 2.15. The van der Waals surface area contributed by atoms with E-state index >= 15 is 0 Å². The molecule has 1 aliphatic heterocycles. The van der Waals surface area contributed by atoms with Crippen LogP contribution in [0.2, 0.25) is 0 Å². The smallest absolute Gasteiger partial charge is 0.144 e. The van der Waals surface area contributed by atoms with Crippen molar-refractivity contribution in [3.05, 3.63) is 18.2 Å². The van der Waals surface area contributed by atoms with Crippen LogP contribution in [0.4, 0.5) is 11.4 Å². The summed E-state index contributed by atoms with van der Waals surface area (Å²) in [4.78, 5) is 2.18. The molecule has 0 aliphatic carbocycles. The molecule has 1 aromatic carbocycles. The molecule has 19 heavy (non-hydrogen) atoms. The average molecular weight is 266 g/mol. The van der Waals surface area contributed by atoms with Gasteiger partial charge in [0.05, 0.1) is 31.1 Å². The maximum Gasteiger partial charge on any atom is 0.144 e. The minimum Gasteiger partial charge on any atom is -0.489 e. The van der Waals surface area contributed by atoms with Gasteiger partial charge in [-0.2, -0.15) is 0 Å². The Labute approximate surface area is 113 Å². The molecule has 0 radical (unpaired) electrons. The second-order valence-corrected chi connectivity index (χ2v) is 5.01. The summed E-state index contributed by atoms with van der Waals surface area (Å²) in [6.45, 7) is 6.10. The van der Waals surface area contributed by atoms with Crippen molar-refractivity contribution in [3.8, 4) is 5.75 Å². The van der Waals surface area contributed by atoms with Gasteiger partial charge in [0.25, 0.3) is 0 Å². The summed E-state index contributed by atoms with van der Waals surface area (Å²) in [5.41, 5.74) is 7.60. The number of nitrogen functional groups attached to an aromatic ring is 1. The number of benzene rings is 1. The summed E-state index contributed by atoms with van der Waals surface area (Å²) in [5, 5.41) is 9.18. The van der Waals surface area contributed by atoms with Crippen LogP contribution in [0.15, 0.2) is 18.2 Å². The minimum absolute atomic E-state index is 0.0425. The van der Waals surface area contributed by atoms with E-state index in [4.69, 9.17) is 15.2 Å². The zero-order valence-corrected chi connectivity index (χ0v) is 11.5. The molecule has 106 valence electrons. The lowest BCUT2D eigenvalue weighted by Gasteiger charge is -2.34. The highest BCUT2D eigenvalue weighted by atomic mass is 16.5. The van der Waals surface area contributed by atoms with Crippen LogP contribution in [0, 0.1) is 0 Å². The molecule has 5 nitrogen and oxygen atoms in total. The maximum atomic E-state index is 9.18. The van der Waals surface area contributed by atoms with Crippen molar-refractivity contribution >= 4 is 11.4 Å². The van der Waals surface area contributed by atoms with Crippen LogP contribution in [0.1, 0.15) is 13.8 Å². The minimum atomic E-state index is -0.124. The molecular formula is C14H22N2O3. The van der Waals surface area contributed by atoms with Crippen LogP contribution in [0.25, 0.3) is 0 Å². The molecule has 0 amide bonds. The Kier molecular flexibility index (Phi) is 4.50. The Morgan fingerprint density at radius 1 is 1.53 bits per heavy atom. The van der Waals surface area contributed by atoms with Crippen molar-refractivity contribution in [2.45, 2.75) is 26.1 Å². The average Bonchev–Trinajstić information content (AvgIpc) is 2.41. The van der Waals surface area contributed by atoms with Gasteiger partial charge >= 0.3 is 0 Å². The maximum absolute atomic E-state index is 9.18. The molecule has 2 rings (SSSR count). The predicted octanol–water partition coefficient (Wildman–Crippen LogP) is 1.25. The lowest BCUT2D eigenvalue weighted by atomic mass is 10.2. The first-order valence-electron chi connectivity index (χ1n) is 6.63. The molecule has 1 unspecified atom stereocenters. The quantitative estimate of drug-likeness (QED) is 0.803. The highest BCUT2D eigenvalue weighted by Gasteiger charge is 2.20. The van der Waals surface area contributed by atoms with Crippen LogP contribution >= 0.6 is 0 Å². The van der Waals surface area contributed by atoms with Gasteiger partial charge < -0.3 is 25.2 Å². The largest absolute Gasteiger partial charge is 0.489 e. The number of rotatable bonds is 4. The standard InChI is InChI=1S/C14H22N2O3/c1-10(2)19-14-7-11(3-4-13(14)15)16-5-6-18-12(8-16)9-17/h3-4,7,10,12,17H,5-6,8-9,15H2,1-2H3. The second-order valence-electron chi connectivity index (χ2n) is 5.01. The van der Waals surface area contributed by atoms with Gasteiger partial charge in [0, 0.05) is 24.8 Å². The van der Waals surface area contributed by atoms with E-state index in [2.05, 4.69) is 4.90 Å². The monoisotopic (exact) mass is 266 g/mol. The Hall–Kier alpha value is -1.46. The third-order valence-corrected chi connectivity index (χ3v) is 3.07. The van der Waals surface area contributed by atoms with Crippen molar-refractivity contribution in [3.63, 3.8) is 0 Å². The van der Waals surface area contributed by atoms with Crippen LogP contribution in [-0.2, 0) is 4.74 Å². The van der Waals surface area contributed by atoms with Crippen molar-refractivity contribution in [2.75, 3.05) is 36.9 Å². The third-order valence-electron chi connectivity index (χ3n) is 3.07. The molecule has 1 heterocycles. The lowest BCUT2D eigenvalue weighted by molar-refractivity contribution is 0.00355. The number of nitrogens with two attached hydrogens (primary N) is 1. The molecule has 1 aromatic rings. The van der Waals surface area contributed by atoms with Crippen molar-refractivity contribution < 1.29 is 14.6 Å². The summed E-state index contributed by atoms with van der Waals surface area (Å²) in [7, 11) is 0. The van der Waals surface area contributed by atoms with Crippen LogP contribution in [-0.4, -0.2) is 43.6 Å². The summed E-state index contributed by atoms with van der Waals surface area (Å²) < 4.78 is 11.1. The fraction of sp³-hybridized carbons (Fsp3) is 0.571. The molecule has 3 N–H and O–H groups in total. The number of hydrogen-bond donors (Lipinski definition) is 2. The van der Waals surface area contributed by atoms with E-state index in [0.717, 1.165) is 12.2 Å². The molecule has 5 heteroatoms. The summed E-state index contributed by atoms with van der Waals surface area (Å²) >= 11 is 0. The molecule has 1 atom stereocenters. The lowest BCUT2D eigenvalue weighted by Crippen LogP contribution is -2.44. The Morgan fingerprint density at radius 2 is 2.32 bits per heavy atom. The van der Waals surface area contributed by atoms with E-state index < -0.39 is 0 Å². The van der Waals surface area contributed by atoms with Crippen molar-refractivity contribution in [1.82, 2.24) is 0 Å². The zero-order valence-electron chi connectivity index (χ0n) is 11.5. The number of ether oxygens (including phenoxy) is 2. The second kappa shape index (κ2) is 6.12. The first-order valence-corrected chi connectivity index (χ1v) is 6.63. The van der Waals surface area contributed by atoms with Crippen LogP contribution < -0.4 is 15.4 Å². The first kappa shape index (κ1) is 14.0. The van der Waals surface area contributed by atoms with E-state index in [1.807, 2.05) is 32.0 Å². The highest BCUT2D eigenvalue weighted by molar-refractivity contribution is 5.62. The number of nitrogens with zero attached hydrogens (tertiary/aromatic N) is 1. The van der Waals surface area contributed by atoms with E-state index in [1.54, 1.807) is 0 Å². The topological polar surface area (TPSA) is 68.0 Å². The molecule has 0 saturated carbocycles. The summed E-state index contributed by atoms with van der Waals surface area (Å²) in [6.07, 6.45) is -0.0341. The number of morpholine rings is 1. The van der Waals surface area contributed by atoms with E-state index in [1.165, 1.54) is 0 Å². The SMILES string of the molecule is CC(C)Oc1cc(N2CCOC(CO)C2)ccc1N. The fourth-order valence-electron chi connectivity index (χ4n) is 2.14. The molecule has 0 spiro atoms. The van der Waals surface area contributed by atoms with Gasteiger partial charge in [-0.25, -0.2) is 0 Å². The Bertz CT molecular complexity index is 423. The molecular weight excluding hydrogens is 244 g/mol. The van der Waals surface area contributed by atoms with Gasteiger partial charge in [-0.3, -0.25) is 0 Å². The van der Waals surface area contributed by atoms with E-state index in [-0.39, 0.29) is 18.8 Å². The third kappa shape index (κ3) is 3.52. The number of aliphatic hydroxyl groups is 1. The molecule has 0 bridgehead atoms. The molecule has 1 aliphatic rings. The summed E-state index contributed by atoms with van der Waals surface area (Å²) in [6, 6.07) is 5.79. The summed E-state index contributed by atoms with van der Waals surface area (Å²) in [5.74, 6) is 0.708. The highest BCUT2D eigenvalue weighted by Crippen LogP contribution is 2.29. The van der Waals surface area contributed by atoms with Gasteiger partial charge in [-0.05, 0) is 26.0 Å². The first-order chi connectivity index (χ1) is 9.10. The van der Waals surface area contributed by atoms with Gasteiger partial charge in [-0.1, -0.05) is 0 Å². The van der Waals surface area contributed by atoms with E-state index in [0.29, 0.717) is 24.6 Å². The van der Waals surface area contributed by atoms with Crippen molar-refractivity contribution in [2.24, 2.45) is 0 Å². The molecule has 1 fully saturated rings. The van der Waals surface area contributed by atoms with Gasteiger partial charge in [0.15, 0.2) is 0 Å². The van der Waals surface area contributed by atoms with Gasteiger partial charge in [0.1, 0.15) is 5.75 Å². The number of aliphatic hydroxyl groups excluding tert-OH is 1. The van der Waals surface area contributed by atoms with Crippen molar-refractivity contribution in [1.29, 1.82) is 0 Å². The molecule has 1 saturated heterocycles. The molecule has 0 aromatic heterocycles. The number of anilines is 2. The fourth-order valence-corrected chi connectivity index (χ4v) is 2.14. The number of hydrogen-bond acceptors (Lipinski definition) is 5. The normalized spacial score (nSPS) is 19.8. The zero-order chi connectivity index (χ0) is 13.8.